The van der Waals surface area contributed by atoms with Crippen LogP contribution in [0.5, 0.6) is 5.75 Å². The summed E-state index contributed by atoms with van der Waals surface area (Å²) in [4.78, 5) is 11.9. The van der Waals surface area contributed by atoms with Gasteiger partial charge in [0.1, 0.15) is 11.6 Å². The summed E-state index contributed by atoms with van der Waals surface area (Å²) < 4.78 is 18.4. The Morgan fingerprint density at radius 2 is 1.91 bits per heavy atom. The van der Waals surface area contributed by atoms with E-state index in [-0.39, 0.29) is 11.7 Å². The molecule has 0 bridgehead atoms. The second kappa shape index (κ2) is 7.98. The van der Waals surface area contributed by atoms with E-state index in [1.807, 2.05) is 31.2 Å². The van der Waals surface area contributed by atoms with Gasteiger partial charge in [0, 0.05) is 17.3 Å². The van der Waals surface area contributed by atoms with Crippen molar-refractivity contribution in [2.24, 2.45) is 0 Å². The Bertz CT molecular complexity index is 650. The molecule has 0 radical (unpaired) electrons. The van der Waals surface area contributed by atoms with Crippen LogP contribution >= 0.6 is 0 Å². The molecule has 0 atom stereocenters. The molecule has 1 amide bonds. The fourth-order valence-corrected chi connectivity index (χ4v) is 1.84. The molecule has 1 N–H and O–H groups in total. The molecule has 2 rings (SSSR count). The van der Waals surface area contributed by atoms with Gasteiger partial charge in [-0.3, -0.25) is 4.79 Å². The van der Waals surface area contributed by atoms with Crippen molar-refractivity contribution in [1.29, 1.82) is 0 Å². The number of ether oxygens (including phenoxy) is 1. The van der Waals surface area contributed by atoms with Crippen molar-refractivity contribution in [1.82, 2.24) is 0 Å². The van der Waals surface area contributed by atoms with Crippen LogP contribution in [0.3, 0.4) is 0 Å². The molecule has 2 aromatic carbocycles. The molecule has 0 aliphatic rings. The van der Waals surface area contributed by atoms with Crippen molar-refractivity contribution in [3.05, 3.63) is 66.0 Å². The predicted molar refractivity (Wildman–Crippen MR) is 86.3 cm³/mol. The number of para-hydroxylation sites is 1. The fourth-order valence-electron chi connectivity index (χ4n) is 1.84. The SMILES string of the molecule is CCCOc1ccccc1C=CC(=O)Nc1ccc(F)cc1. The Labute approximate surface area is 129 Å². The molecule has 0 aromatic heterocycles. The van der Waals surface area contributed by atoms with Crippen molar-refractivity contribution in [3.8, 4) is 5.75 Å². The van der Waals surface area contributed by atoms with E-state index in [9.17, 15) is 9.18 Å². The third-order valence-electron chi connectivity index (χ3n) is 2.91. The molecule has 22 heavy (non-hydrogen) atoms. The molecule has 2 aromatic rings. The maximum atomic E-state index is 12.8. The summed E-state index contributed by atoms with van der Waals surface area (Å²) in [6.07, 6.45) is 4.05. The van der Waals surface area contributed by atoms with Crippen LogP contribution in [0.1, 0.15) is 18.9 Å². The minimum Gasteiger partial charge on any atom is -0.493 e. The van der Waals surface area contributed by atoms with Crippen LogP contribution in [0, 0.1) is 5.82 Å². The number of benzene rings is 2. The topological polar surface area (TPSA) is 38.3 Å². The highest BCUT2D eigenvalue weighted by Crippen LogP contribution is 2.19. The number of anilines is 1. The van der Waals surface area contributed by atoms with E-state index in [1.165, 1.54) is 30.3 Å². The van der Waals surface area contributed by atoms with Gasteiger partial charge in [0.25, 0.3) is 0 Å². The summed E-state index contributed by atoms with van der Waals surface area (Å²) in [5.74, 6) is 0.127. The molecule has 0 aliphatic carbocycles. The highest BCUT2D eigenvalue weighted by Gasteiger charge is 2.01. The molecule has 0 saturated heterocycles. The zero-order valence-electron chi connectivity index (χ0n) is 12.4. The first-order valence-electron chi connectivity index (χ1n) is 7.15. The van der Waals surface area contributed by atoms with Crippen LogP contribution in [0.4, 0.5) is 10.1 Å². The van der Waals surface area contributed by atoms with E-state index in [2.05, 4.69) is 5.32 Å². The van der Waals surface area contributed by atoms with Crippen LogP contribution < -0.4 is 10.1 Å². The molecule has 0 spiro atoms. The Morgan fingerprint density at radius 3 is 2.64 bits per heavy atom. The predicted octanol–water partition coefficient (Wildman–Crippen LogP) is 4.27. The van der Waals surface area contributed by atoms with Crippen molar-refractivity contribution < 1.29 is 13.9 Å². The van der Waals surface area contributed by atoms with Crippen LogP contribution in [-0.2, 0) is 4.79 Å². The minimum absolute atomic E-state index is 0.281. The van der Waals surface area contributed by atoms with Gasteiger partial charge in [0.15, 0.2) is 0 Å². The fraction of sp³-hybridized carbons (Fsp3) is 0.167. The Balaban J connectivity index is 2.01. The summed E-state index contributed by atoms with van der Waals surface area (Å²) in [6, 6.07) is 13.1. The monoisotopic (exact) mass is 299 g/mol. The Kier molecular flexibility index (Phi) is 5.72. The third kappa shape index (κ3) is 4.74. The molecule has 0 heterocycles. The number of amides is 1. The van der Waals surface area contributed by atoms with Gasteiger partial charge in [0.05, 0.1) is 6.61 Å². The maximum Gasteiger partial charge on any atom is 0.248 e. The van der Waals surface area contributed by atoms with Gasteiger partial charge >= 0.3 is 0 Å². The first-order valence-corrected chi connectivity index (χ1v) is 7.15. The van der Waals surface area contributed by atoms with Gasteiger partial charge in [-0.25, -0.2) is 4.39 Å². The molecule has 4 heteroatoms. The lowest BCUT2D eigenvalue weighted by Gasteiger charge is -2.07. The summed E-state index contributed by atoms with van der Waals surface area (Å²) in [5.41, 5.74) is 1.39. The Hall–Kier alpha value is -2.62. The van der Waals surface area contributed by atoms with Crippen molar-refractivity contribution in [2.45, 2.75) is 13.3 Å². The largest absolute Gasteiger partial charge is 0.493 e. The number of hydrogen-bond acceptors (Lipinski definition) is 2. The van der Waals surface area contributed by atoms with Crippen molar-refractivity contribution in [3.63, 3.8) is 0 Å². The van der Waals surface area contributed by atoms with Gasteiger partial charge in [-0.1, -0.05) is 25.1 Å². The first kappa shape index (κ1) is 15.8. The van der Waals surface area contributed by atoms with Gasteiger partial charge < -0.3 is 10.1 Å². The van der Waals surface area contributed by atoms with Crippen molar-refractivity contribution >= 4 is 17.7 Å². The van der Waals surface area contributed by atoms with Crippen LogP contribution in [0.2, 0.25) is 0 Å². The lowest BCUT2D eigenvalue weighted by Crippen LogP contribution is -2.07. The van der Waals surface area contributed by atoms with Gasteiger partial charge in [0.2, 0.25) is 5.91 Å². The van der Waals surface area contributed by atoms with Gasteiger partial charge in [-0.05, 0) is 42.8 Å². The second-order valence-electron chi connectivity index (χ2n) is 4.72. The first-order chi connectivity index (χ1) is 10.7. The average Bonchev–Trinajstić information content (AvgIpc) is 2.54. The lowest BCUT2D eigenvalue weighted by atomic mass is 10.2. The number of rotatable bonds is 6. The molecule has 0 unspecified atom stereocenters. The van der Waals surface area contributed by atoms with Crippen molar-refractivity contribution in [2.75, 3.05) is 11.9 Å². The smallest absolute Gasteiger partial charge is 0.248 e. The molecule has 0 saturated carbocycles. The molecule has 0 aliphatic heterocycles. The van der Waals surface area contributed by atoms with Crippen LogP contribution in [0.25, 0.3) is 6.08 Å². The van der Waals surface area contributed by atoms with Gasteiger partial charge in [-0.15, -0.1) is 0 Å². The number of halogens is 1. The third-order valence-corrected chi connectivity index (χ3v) is 2.91. The summed E-state index contributed by atoms with van der Waals surface area (Å²) in [6.45, 7) is 2.67. The lowest BCUT2D eigenvalue weighted by molar-refractivity contribution is -0.111. The highest BCUT2D eigenvalue weighted by atomic mass is 19.1. The zero-order chi connectivity index (χ0) is 15.8. The van der Waals surface area contributed by atoms with Crippen LogP contribution in [-0.4, -0.2) is 12.5 Å². The van der Waals surface area contributed by atoms with E-state index in [4.69, 9.17) is 4.74 Å². The van der Waals surface area contributed by atoms with E-state index in [0.29, 0.717) is 12.3 Å². The summed E-state index contributed by atoms with van der Waals surface area (Å²) >= 11 is 0. The number of nitrogens with one attached hydrogen (secondary N) is 1. The highest BCUT2D eigenvalue weighted by molar-refractivity contribution is 6.02. The van der Waals surface area contributed by atoms with Crippen LogP contribution in [0.15, 0.2) is 54.6 Å². The minimum atomic E-state index is -0.337. The molecule has 0 fully saturated rings. The quantitative estimate of drug-likeness (QED) is 0.809. The van der Waals surface area contributed by atoms with E-state index in [1.54, 1.807) is 6.08 Å². The second-order valence-corrected chi connectivity index (χ2v) is 4.72. The Morgan fingerprint density at radius 1 is 1.18 bits per heavy atom. The number of carbonyl (C=O) groups is 1. The summed E-state index contributed by atoms with van der Waals surface area (Å²) in [7, 11) is 0. The standard InChI is InChI=1S/C18H18FNO2/c1-2-13-22-17-6-4-3-5-14(17)7-12-18(21)20-16-10-8-15(19)9-11-16/h3-12H,2,13H2,1H3,(H,20,21). The van der Waals surface area contributed by atoms with E-state index < -0.39 is 0 Å². The van der Waals surface area contributed by atoms with E-state index >= 15 is 0 Å². The average molecular weight is 299 g/mol. The molecule has 114 valence electrons. The molecule has 3 nitrogen and oxygen atoms in total. The molecular formula is C18H18FNO2. The summed E-state index contributed by atoms with van der Waals surface area (Å²) in [5, 5.41) is 2.67. The van der Waals surface area contributed by atoms with E-state index in [0.717, 1.165) is 17.7 Å². The maximum absolute atomic E-state index is 12.8. The number of hydrogen-bond donors (Lipinski definition) is 1. The molecular weight excluding hydrogens is 281 g/mol. The normalized spacial score (nSPS) is 10.6. The number of carbonyl (C=O) groups excluding carboxylic acids is 1. The zero-order valence-corrected chi connectivity index (χ0v) is 12.4. The van der Waals surface area contributed by atoms with Gasteiger partial charge in [-0.2, -0.15) is 0 Å².